The van der Waals surface area contributed by atoms with E-state index in [0.29, 0.717) is 11.4 Å². The summed E-state index contributed by atoms with van der Waals surface area (Å²) in [4.78, 5) is 14.4. The minimum Gasteiger partial charge on any atom is -0.371 e. The normalized spacial score (nSPS) is 15.3. The van der Waals surface area contributed by atoms with Crippen LogP contribution in [0.15, 0.2) is 22.7 Å². The molecule has 0 saturated carbocycles. The van der Waals surface area contributed by atoms with E-state index in [9.17, 15) is 9.18 Å². The first kappa shape index (κ1) is 17.3. The van der Waals surface area contributed by atoms with Gasteiger partial charge in [0, 0.05) is 30.0 Å². The number of carbonyl (C=O) groups is 1. The number of carbonyl (C=O) groups excluding carboxylic acids is 1. The fraction of sp³-hybridized carbons (Fsp3) is 0.444. The average molecular weight is 346 g/mol. The second-order valence-electron chi connectivity index (χ2n) is 6.45. The molecule has 7 heteroatoms. The van der Waals surface area contributed by atoms with E-state index in [2.05, 4.69) is 20.7 Å². The van der Waals surface area contributed by atoms with Crippen molar-refractivity contribution in [3.8, 4) is 0 Å². The van der Waals surface area contributed by atoms with Crippen molar-refractivity contribution < 1.29 is 13.7 Å². The molecule has 0 unspecified atom stereocenters. The van der Waals surface area contributed by atoms with Gasteiger partial charge in [-0.1, -0.05) is 5.16 Å². The van der Waals surface area contributed by atoms with Gasteiger partial charge in [-0.2, -0.15) is 0 Å². The lowest BCUT2D eigenvalue weighted by Gasteiger charge is -2.19. The Morgan fingerprint density at radius 2 is 2.00 bits per heavy atom. The third-order valence-electron chi connectivity index (χ3n) is 4.48. The van der Waals surface area contributed by atoms with Gasteiger partial charge in [0.05, 0.1) is 11.7 Å². The molecule has 1 atom stereocenters. The van der Waals surface area contributed by atoms with Crippen LogP contribution in [0.25, 0.3) is 0 Å². The first-order valence-corrected chi connectivity index (χ1v) is 8.50. The molecule has 3 rings (SSSR count). The molecule has 25 heavy (non-hydrogen) atoms. The Labute approximate surface area is 146 Å². The molecule has 134 valence electrons. The number of benzene rings is 1. The highest BCUT2D eigenvalue weighted by atomic mass is 19.1. The minimum absolute atomic E-state index is 0.266. The molecule has 1 aromatic heterocycles. The van der Waals surface area contributed by atoms with E-state index in [4.69, 9.17) is 4.52 Å². The number of hydrogen-bond acceptors (Lipinski definition) is 4. The molecule has 6 nitrogen and oxygen atoms in total. The largest absolute Gasteiger partial charge is 0.371 e. The molecule has 1 saturated heterocycles. The Bertz CT molecular complexity index is 749. The van der Waals surface area contributed by atoms with Gasteiger partial charge in [0.25, 0.3) is 0 Å². The molecular formula is C18H23FN4O2. The van der Waals surface area contributed by atoms with Gasteiger partial charge in [-0.3, -0.25) is 0 Å². The van der Waals surface area contributed by atoms with Crippen molar-refractivity contribution >= 4 is 17.4 Å². The van der Waals surface area contributed by atoms with Crippen LogP contribution in [0.5, 0.6) is 0 Å². The number of amides is 2. The minimum atomic E-state index is -0.398. The lowest BCUT2D eigenvalue weighted by atomic mass is 10.1. The van der Waals surface area contributed by atoms with Gasteiger partial charge in [-0.25, -0.2) is 9.18 Å². The number of urea groups is 1. The van der Waals surface area contributed by atoms with Crippen LogP contribution in [0.3, 0.4) is 0 Å². The predicted molar refractivity (Wildman–Crippen MR) is 94.4 cm³/mol. The molecule has 2 heterocycles. The Hall–Kier alpha value is -2.57. The topological polar surface area (TPSA) is 70.4 Å². The maximum absolute atomic E-state index is 13.9. The van der Waals surface area contributed by atoms with Crippen LogP contribution in [-0.2, 0) is 0 Å². The van der Waals surface area contributed by atoms with Gasteiger partial charge in [0.1, 0.15) is 11.6 Å². The first-order valence-electron chi connectivity index (χ1n) is 8.50. The molecule has 0 radical (unpaired) electrons. The lowest BCUT2D eigenvalue weighted by Crippen LogP contribution is -2.31. The average Bonchev–Trinajstić information content (AvgIpc) is 3.16. The summed E-state index contributed by atoms with van der Waals surface area (Å²) >= 11 is 0. The van der Waals surface area contributed by atoms with Crippen molar-refractivity contribution in [2.45, 2.75) is 39.7 Å². The fourth-order valence-electron chi connectivity index (χ4n) is 3.35. The summed E-state index contributed by atoms with van der Waals surface area (Å²) in [5.41, 5.74) is 2.83. The Kier molecular flexibility index (Phi) is 4.92. The number of nitrogens with one attached hydrogen (secondary N) is 2. The Balaban J connectivity index is 1.68. The third kappa shape index (κ3) is 3.92. The predicted octanol–water partition coefficient (Wildman–Crippen LogP) is 3.91. The van der Waals surface area contributed by atoms with Crippen molar-refractivity contribution in [2.75, 3.05) is 23.3 Å². The molecule has 1 aliphatic rings. The maximum atomic E-state index is 13.9. The van der Waals surface area contributed by atoms with Crippen molar-refractivity contribution in [3.63, 3.8) is 0 Å². The van der Waals surface area contributed by atoms with Crippen LogP contribution in [0.2, 0.25) is 0 Å². The molecule has 0 aliphatic carbocycles. The second kappa shape index (κ2) is 7.13. The zero-order valence-corrected chi connectivity index (χ0v) is 14.7. The standard InChI is InChI=1S/C18H23FN4O2/c1-11(17-12(2)22-25-13(17)3)20-18(24)21-15-8-14(19)9-16(10-15)23-6-4-5-7-23/h8-11H,4-7H2,1-3H3,(H2,20,21,24)/t11-/m0/s1. The lowest BCUT2D eigenvalue weighted by molar-refractivity contribution is 0.249. The van der Waals surface area contributed by atoms with Gasteiger partial charge >= 0.3 is 6.03 Å². The van der Waals surface area contributed by atoms with Gasteiger partial charge in [-0.05, 0) is 51.8 Å². The number of nitrogens with zero attached hydrogens (tertiary/aromatic N) is 2. The summed E-state index contributed by atoms with van der Waals surface area (Å²) < 4.78 is 19.0. The molecule has 1 aliphatic heterocycles. The van der Waals surface area contributed by atoms with Crippen LogP contribution in [0.1, 0.15) is 42.8 Å². The maximum Gasteiger partial charge on any atom is 0.319 e. The molecule has 2 amide bonds. The van der Waals surface area contributed by atoms with Crippen molar-refractivity contribution in [1.29, 1.82) is 0 Å². The molecule has 2 aromatic rings. The van der Waals surface area contributed by atoms with Gasteiger partial charge in [0.15, 0.2) is 0 Å². The molecule has 1 aromatic carbocycles. The van der Waals surface area contributed by atoms with Crippen LogP contribution in [0.4, 0.5) is 20.6 Å². The Morgan fingerprint density at radius 1 is 1.28 bits per heavy atom. The molecule has 0 spiro atoms. The van der Waals surface area contributed by atoms with Crippen LogP contribution in [-0.4, -0.2) is 24.3 Å². The highest BCUT2D eigenvalue weighted by molar-refractivity contribution is 5.90. The first-order chi connectivity index (χ1) is 11.9. The van der Waals surface area contributed by atoms with E-state index in [1.807, 2.05) is 13.8 Å². The third-order valence-corrected chi connectivity index (χ3v) is 4.48. The Morgan fingerprint density at radius 3 is 2.64 bits per heavy atom. The smallest absolute Gasteiger partial charge is 0.319 e. The summed E-state index contributed by atoms with van der Waals surface area (Å²) in [5, 5.41) is 9.44. The number of anilines is 2. The summed E-state index contributed by atoms with van der Waals surface area (Å²) in [6, 6.07) is 3.96. The summed E-state index contributed by atoms with van der Waals surface area (Å²) in [7, 11) is 0. The summed E-state index contributed by atoms with van der Waals surface area (Å²) in [5.74, 6) is 0.311. The SMILES string of the molecule is Cc1noc(C)c1[C@H](C)NC(=O)Nc1cc(F)cc(N2CCCC2)c1. The highest BCUT2D eigenvalue weighted by Crippen LogP contribution is 2.25. The van der Waals surface area contributed by atoms with E-state index >= 15 is 0 Å². The van der Waals surface area contributed by atoms with E-state index in [-0.39, 0.29) is 11.9 Å². The van der Waals surface area contributed by atoms with Crippen LogP contribution < -0.4 is 15.5 Å². The van der Waals surface area contributed by atoms with Gasteiger partial charge in [-0.15, -0.1) is 0 Å². The van der Waals surface area contributed by atoms with Crippen molar-refractivity contribution in [1.82, 2.24) is 10.5 Å². The second-order valence-corrected chi connectivity index (χ2v) is 6.45. The van der Waals surface area contributed by atoms with Crippen LogP contribution in [0, 0.1) is 19.7 Å². The van der Waals surface area contributed by atoms with E-state index in [0.717, 1.165) is 42.9 Å². The molecule has 1 fully saturated rings. The van der Waals surface area contributed by atoms with Crippen molar-refractivity contribution in [3.05, 3.63) is 41.0 Å². The number of rotatable bonds is 4. The zero-order valence-electron chi connectivity index (χ0n) is 14.7. The summed E-state index contributed by atoms with van der Waals surface area (Å²) in [6.07, 6.45) is 2.21. The van der Waals surface area contributed by atoms with Gasteiger partial charge < -0.3 is 20.1 Å². The molecule has 2 N–H and O–H groups in total. The molecular weight excluding hydrogens is 323 g/mol. The van der Waals surface area contributed by atoms with Crippen molar-refractivity contribution in [2.24, 2.45) is 0 Å². The highest BCUT2D eigenvalue weighted by Gasteiger charge is 2.19. The van der Waals surface area contributed by atoms with E-state index < -0.39 is 6.03 Å². The number of halogens is 1. The fourth-order valence-corrected chi connectivity index (χ4v) is 3.35. The number of aromatic nitrogens is 1. The zero-order chi connectivity index (χ0) is 18.0. The van der Waals surface area contributed by atoms with Crippen LogP contribution >= 0.6 is 0 Å². The quantitative estimate of drug-likeness (QED) is 0.880. The number of hydrogen-bond donors (Lipinski definition) is 2. The number of aryl methyl sites for hydroxylation is 2. The summed E-state index contributed by atoms with van der Waals surface area (Å²) in [6.45, 7) is 7.32. The van der Waals surface area contributed by atoms with E-state index in [1.165, 1.54) is 12.1 Å². The van der Waals surface area contributed by atoms with Gasteiger partial charge in [0.2, 0.25) is 0 Å². The molecule has 0 bridgehead atoms. The van der Waals surface area contributed by atoms with E-state index in [1.54, 1.807) is 13.0 Å². The monoisotopic (exact) mass is 346 g/mol.